The van der Waals surface area contributed by atoms with Crippen LogP contribution in [0.1, 0.15) is 35.2 Å². The molecule has 1 heterocycles. The van der Waals surface area contributed by atoms with Gasteiger partial charge in [0.25, 0.3) is 5.91 Å². The lowest BCUT2D eigenvalue weighted by Gasteiger charge is -2.24. The number of sulfonamides is 1. The standard InChI is InChI=1S/C25H25FN2O5S/c1-34(30,31)28-25(29)19-8-9-21(23(26)13-19)16-32-22-7-3-6-18(12-22)20-10-11-24(27-14-20)33-15-17-4-2-5-17/h3,6-14,17H,2,4-5,15-16H2,1H3,(H,28,29). The molecular formula is C25H25FN2O5S. The van der Waals surface area contributed by atoms with Crippen molar-refractivity contribution in [3.05, 3.63) is 77.7 Å². The van der Waals surface area contributed by atoms with Crippen LogP contribution in [0.15, 0.2) is 60.8 Å². The van der Waals surface area contributed by atoms with Gasteiger partial charge in [-0.2, -0.15) is 0 Å². The van der Waals surface area contributed by atoms with E-state index < -0.39 is 21.7 Å². The fourth-order valence-electron chi connectivity index (χ4n) is 3.46. The predicted molar refractivity (Wildman–Crippen MR) is 126 cm³/mol. The summed E-state index contributed by atoms with van der Waals surface area (Å²) >= 11 is 0. The van der Waals surface area contributed by atoms with Gasteiger partial charge < -0.3 is 9.47 Å². The van der Waals surface area contributed by atoms with E-state index in [1.807, 2.05) is 30.3 Å². The molecule has 1 N–H and O–H groups in total. The molecule has 7 nitrogen and oxygen atoms in total. The van der Waals surface area contributed by atoms with E-state index in [4.69, 9.17) is 9.47 Å². The minimum absolute atomic E-state index is 0.0601. The number of aromatic nitrogens is 1. The monoisotopic (exact) mass is 484 g/mol. The summed E-state index contributed by atoms with van der Waals surface area (Å²) in [6, 6.07) is 14.9. The Morgan fingerprint density at radius 2 is 1.91 bits per heavy atom. The van der Waals surface area contributed by atoms with Gasteiger partial charge in [0.1, 0.15) is 18.2 Å². The molecule has 4 rings (SSSR count). The lowest BCUT2D eigenvalue weighted by atomic mass is 9.86. The van der Waals surface area contributed by atoms with E-state index >= 15 is 0 Å². The first-order chi connectivity index (χ1) is 16.3. The smallest absolute Gasteiger partial charge is 0.264 e. The number of pyridine rings is 1. The van der Waals surface area contributed by atoms with Gasteiger partial charge in [-0.15, -0.1) is 0 Å². The Hall–Kier alpha value is -3.46. The number of nitrogens with one attached hydrogen (secondary N) is 1. The summed E-state index contributed by atoms with van der Waals surface area (Å²) in [4.78, 5) is 16.3. The van der Waals surface area contributed by atoms with E-state index in [-0.39, 0.29) is 17.7 Å². The minimum atomic E-state index is -3.73. The number of amides is 1. The molecular weight excluding hydrogens is 459 g/mol. The molecule has 0 unspecified atom stereocenters. The summed E-state index contributed by atoms with van der Waals surface area (Å²) < 4.78 is 50.1. The molecule has 9 heteroatoms. The van der Waals surface area contributed by atoms with Crippen LogP contribution in [0.4, 0.5) is 4.39 Å². The maximum absolute atomic E-state index is 14.4. The third-order valence-corrected chi connectivity index (χ3v) is 6.14. The molecule has 0 atom stereocenters. The molecule has 0 saturated heterocycles. The number of halogens is 1. The van der Waals surface area contributed by atoms with Gasteiger partial charge in [-0.1, -0.05) is 24.6 Å². The molecule has 1 aliphatic carbocycles. The summed E-state index contributed by atoms with van der Waals surface area (Å²) in [6.07, 6.45) is 6.31. The molecule has 0 aliphatic heterocycles. The molecule has 1 fully saturated rings. The molecule has 3 aromatic rings. The fourth-order valence-corrected chi connectivity index (χ4v) is 3.91. The molecule has 1 saturated carbocycles. The van der Waals surface area contributed by atoms with Crippen LogP contribution in [0, 0.1) is 11.7 Å². The minimum Gasteiger partial charge on any atom is -0.489 e. The van der Waals surface area contributed by atoms with Crippen LogP contribution in [0.5, 0.6) is 11.6 Å². The highest BCUT2D eigenvalue weighted by atomic mass is 32.2. The molecule has 2 aromatic carbocycles. The van der Waals surface area contributed by atoms with Crippen molar-refractivity contribution < 1.29 is 27.1 Å². The normalized spacial score (nSPS) is 13.7. The first kappa shape index (κ1) is 23.7. The van der Waals surface area contributed by atoms with Crippen molar-refractivity contribution in [2.24, 2.45) is 5.92 Å². The van der Waals surface area contributed by atoms with Gasteiger partial charge in [-0.3, -0.25) is 4.79 Å². The molecule has 0 spiro atoms. The van der Waals surface area contributed by atoms with Crippen LogP contribution in [0.25, 0.3) is 11.1 Å². The zero-order valence-electron chi connectivity index (χ0n) is 18.7. The van der Waals surface area contributed by atoms with Gasteiger partial charge in [-0.05, 0) is 54.7 Å². The lowest BCUT2D eigenvalue weighted by molar-refractivity contribution is 0.0981. The van der Waals surface area contributed by atoms with E-state index in [9.17, 15) is 17.6 Å². The summed E-state index contributed by atoms with van der Waals surface area (Å²) in [6.45, 7) is 0.644. The van der Waals surface area contributed by atoms with Crippen LogP contribution >= 0.6 is 0 Å². The van der Waals surface area contributed by atoms with E-state index in [0.717, 1.165) is 23.4 Å². The quantitative estimate of drug-likeness (QED) is 0.486. The van der Waals surface area contributed by atoms with Crippen molar-refractivity contribution >= 4 is 15.9 Å². The van der Waals surface area contributed by atoms with E-state index in [1.165, 1.54) is 31.4 Å². The second kappa shape index (κ2) is 10.2. The Morgan fingerprint density at radius 3 is 2.56 bits per heavy atom. The summed E-state index contributed by atoms with van der Waals surface area (Å²) in [5, 5.41) is 0. The van der Waals surface area contributed by atoms with Crippen molar-refractivity contribution in [3.63, 3.8) is 0 Å². The van der Waals surface area contributed by atoms with Crippen LogP contribution < -0.4 is 14.2 Å². The zero-order chi connectivity index (χ0) is 24.1. The maximum atomic E-state index is 14.4. The molecule has 1 aliphatic rings. The highest BCUT2D eigenvalue weighted by molar-refractivity contribution is 7.89. The maximum Gasteiger partial charge on any atom is 0.264 e. The van der Waals surface area contributed by atoms with Crippen LogP contribution in [0.3, 0.4) is 0 Å². The van der Waals surface area contributed by atoms with Gasteiger partial charge in [0.05, 0.1) is 12.9 Å². The van der Waals surface area contributed by atoms with E-state index in [0.29, 0.717) is 24.2 Å². The van der Waals surface area contributed by atoms with Gasteiger partial charge in [0.2, 0.25) is 15.9 Å². The van der Waals surface area contributed by atoms with Crippen molar-refractivity contribution in [1.82, 2.24) is 9.71 Å². The summed E-state index contributed by atoms with van der Waals surface area (Å²) in [5.74, 6) is 0.225. The van der Waals surface area contributed by atoms with Crippen LogP contribution in [0.2, 0.25) is 0 Å². The molecule has 34 heavy (non-hydrogen) atoms. The van der Waals surface area contributed by atoms with Crippen molar-refractivity contribution in [3.8, 4) is 22.8 Å². The van der Waals surface area contributed by atoms with Gasteiger partial charge in [0, 0.05) is 29.0 Å². The molecule has 0 radical (unpaired) electrons. The Kier molecular flexibility index (Phi) is 7.12. The van der Waals surface area contributed by atoms with Crippen molar-refractivity contribution in [2.45, 2.75) is 25.9 Å². The molecule has 178 valence electrons. The highest BCUT2D eigenvalue weighted by Crippen LogP contribution is 2.28. The zero-order valence-corrected chi connectivity index (χ0v) is 19.5. The number of carbonyl (C=O) groups excluding carboxylic acids is 1. The Morgan fingerprint density at radius 1 is 1.09 bits per heavy atom. The second-order valence-electron chi connectivity index (χ2n) is 8.32. The van der Waals surface area contributed by atoms with Crippen LogP contribution in [-0.2, 0) is 16.6 Å². The molecule has 1 aromatic heterocycles. The number of carbonyl (C=O) groups is 1. The first-order valence-electron chi connectivity index (χ1n) is 10.9. The third kappa shape index (κ3) is 6.32. The Labute approximate surface area is 198 Å². The number of rotatable bonds is 9. The Balaban J connectivity index is 1.37. The number of ether oxygens (including phenoxy) is 2. The fraction of sp³-hybridized carbons (Fsp3) is 0.280. The number of hydrogen-bond acceptors (Lipinski definition) is 6. The average molecular weight is 485 g/mol. The lowest BCUT2D eigenvalue weighted by Crippen LogP contribution is -2.29. The number of benzene rings is 2. The topological polar surface area (TPSA) is 94.6 Å². The molecule has 0 bridgehead atoms. The van der Waals surface area contributed by atoms with Crippen molar-refractivity contribution in [1.29, 1.82) is 0 Å². The van der Waals surface area contributed by atoms with Gasteiger partial charge in [-0.25, -0.2) is 22.5 Å². The SMILES string of the molecule is CS(=O)(=O)NC(=O)c1ccc(COc2cccc(-c3ccc(OCC4CCC4)nc3)c2)c(F)c1. The number of nitrogens with zero attached hydrogens (tertiary/aromatic N) is 1. The van der Waals surface area contributed by atoms with Gasteiger partial charge >= 0.3 is 0 Å². The van der Waals surface area contributed by atoms with E-state index in [2.05, 4.69) is 4.98 Å². The summed E-state index contributed by atoms with van der Waals surface area (Å²) in [5.41, 5.74) is 1.93. The first-order valence-corrected chi connectivity index (χ1v) is 12.8. The second-order valence-corrected chi connectivity index (χ2v) is 10.1. The average Bonchev–Trinajstić information content (AvgIpc) is 2.77. The Bertz CT molecular complexity index is 1270. The van der Waals surface area contributed by atoms with Crippen LogP contribution in [-0.4, -0.2) is 32.2 Å². The predicted octanol–water partition coefficient (Wildman–Crippen LogP) is 4.34. The van der Waals surface area contributed by atoms with E-state index in [1.54, 1.807) is 17.0 Å². The molecule has 1 amide bonds. The van der Waals surface area contributed by atoms with Crippen molar-refractivity contribution in [2.75, 3.05) is 12.9 Å². The van der Waals surface area contributed by atoms with Gasteiger partial charge in [0.15, 0.2) is 0 Å². The highest BCUT2D eigenvalue weighted by Gasteiger charge is 2.18. The third-order valence-electron chi connectivity index (χ3n) is 5.58. The number of hydrogen-bond donors (Lipinski definition) is 1. The summed E-state index contributed by atoms with van der Waals surface area (Å²) in [7, 11) is -3.73. The largest absolute Gasteiger partial charge is 0.489 e.